The molecular weight excluding hydrogens is 168 g/mol. The predicted molar refractivity (Wildman–Crippen MR) is 62.3 cm³/mol. The van der Waals surface area contributed by atoms with Gasteiger partial charge in [-0.25, -0.2) is 0 Å². The number of rotatable bonds is 6. The minimum absolute atomic E-state index is 0.894. The van der Waals surface area contributed by atoms with Gasteiger partial charge < -0.3 is 0 Å². The Labute approximate surface area is 89.5 Å². The lowest BCUT2D eigenvalue weighted by Crippen LogP contribution is -2.29. The van der Waals surface area contributed by atoms with Crippen LogP contribution in [0.2, 0.25) is 0 Å². The van der Waals surface area contributed by atoms with Crippen molar-refractivity contribution in [1.82, 2.24) is 0 Å². The first-order valence-corrected chi connectivity index (χ1v) is 6.79. The Morgan fingerprint density at radius 1 is 1.14 bits per heavy atom. The molecule has 0 heteroatoms. The topological polar surface area (TPSA) is 0 Å². The lowest BCUT2D eigenvalue weighted by molar-refractivity contribution is 0.118. The fourth-order valence-electron chi connectivity index (χ4n) is 3.57. The largest absolute Gasteiger partial charge is 0.0654 e. The fraction of sp³-hybridized carbons (Fsp3) is 1.00. The van der Waals surface area contributed by atoms with Crippen LogP contribution < -0.4 is 0 Å². The number of unbranched alkanes of at least 4 members (excludes halogenated alkanes) is 4. The van der Waals surface area contributed by atoms with Gasteiger partial charge in [0.05, 0.1) is 0 Å². The average Bonchev–Trinajstić information content (AvgIpc) is 2.84. The van der Waals surface area contributed by atoms with Gasteiger partial charge in [0.15, 0.2) is 0 Å². The van der Waals surface area contributed by atoms with Crippen molar-refractivity contribution in [3.05, 3.63) is 0 Å². The molecule has 3 atom stereocenters. The molecule has 2 aliphatic carbocycles. The van der Waals surface area contributed by atoms with E-state index >= 15 is 0 Å². The second-order valence-corrected chi connectivity index (χ2v) is 5.78. The van der Waals surface area contributed by atoms with E-state index in [0.717, 1.165) is 17.3 Å². The van der Waals surface area contributed by atoms with E-state index in [1.165, 1.54) is 32.1 Å². The third-order valence-electron chi connectivity index (χ3n) is 4.93. The maximum atomic E-state index is 2.46. The molecule has 1 spiro atoms. The highest BCUT2D eigenvalue weighted by Gasteiger charge is 2.60. The molecule has 0 aliphatic heterocycles. The van der Waals surface area contributed by atoms with Crippen molar-refractivity contribution < 1.29 is 0 Å². The molecule has 14 heavy (non-hydrogen) atoms. The highest BCUT2D eigenvalue weighted by atomic mass is 14.6. The molecule has 82 valence electrons. The van der Waals surface area contributed by atoms with Gasteiger partial charge in [-0.15, -0.1) is 0 Å². The highest BCUT2D eigenvalue weighted by molar-refractivity contribution is 5.10. The second-order valence-electron chi connectivity index (χ2n) is 5.78. The SMILES string of the molecule is CCCCCCCC1CCC12CC2C. The van der Waals surface area contributed by atoms with Gasteiger partial charge in [-0.05, 0) is 42.9 Å². The van der Waals surface area contributed by atoms with Crippen LogP contribution in [0.1, 0.15) is 71.6 Å². The predicted octanol–water partition coefficient (Wildman–Crippen LogP) is 4.78. The minimum atomic E-state index is 0.894. The lowest BCUT2D eigenvalue weighted by Gasteiger charge is -2.38. The van der Waals surface area contributed by atoms with E-state index in [4.69, 9.17) is 0 Å². The van der Waals surface area contributed by atoms with Gasteiger partial charge in [-0.2, -0.15) is 0 Å². The summed E-state index contributed by atoms with van der Waals surface area (Å²) in [5.74, 6) is 2.22. The van der Waals surface area contributed by atoms with Crippen molar-refractivity contribution in [1.29, 1.82) is 0 Å². The summed E-state index contributed by atoms with van der Waals surface area (Å²) in [4.78, 5) is 0. The molecule has 0 radical (unpaired) electrons. The van der Waals surface area contributed by atoms with E-state index in [2.05, 4.69) is 13.8 Å². The zero-order valence-electron chi connectivity index (χ0n) is 10.0. The third kappa shape index (κ3) is 1.85. The van der Waals surface area contributed by atoms with Crippen LogP contribution in [0, 0.1) is 17.3 Å². The van der Waals surface area contributed by atoms with Crippen LogP contribution in [0.4, 0.5) is 0 Å². The molecule has 2 rings (SSSR count). The van der Waals surface area contributed by atoms with Gasteiger partial charge in [0.1, 0.15) is 0 Å². The van der Waals surface area contributed by atoms with E-state index < -0.39 is 0 Å². The van der Waals surface area contributed by atoms with Crippen LogP contribution in [0.5, 0.6) is 0 Å². The van der Waals surface area contributed by atoms with Gasteiger partial charge in [0, 0.05) is 0 Å². The van der Waals surface area contributed by atoms with Gasteiger partial charge in [0.25, 0.3) is 0 Å². The van der Waals surface area contributed by atoms with Crippen LogP contribution >= 0.6 is 0 Å². The Kier molecular flexibility index (Phi) is 3.19. The Bertz CT molecular complexity index is 180. The molecule has 2 saturated carbocycles. The molecule has 0 aromatic rings. The van der Waals surface area contributed by atoms with Gasteiger partial charge in [-0.1, -0.05) is 46.0 Å². The van der Waals surface area contributed by atoms with E-state index in [1.807, 2.05) is 0 Å². The highest BCUT2D eigenvalue weighted by Crippen LogP contribution is 2.69. The standard InChI is InChI=1S/C14H26/c1-3-4-5-6-7-8-13-9-10-14(13)11-12(14)2/h12-13H,3-11H2,1-2H3. The van der Waals surface area contributed by atoms with E-state index in [9.17, 15) is 0 Å². The Balaban J connectivity index is 1.54. The van der Waals surface area contributed by atoms with Gasteiger partial charge in [-0.3, -0.25) is 0 Å². The Morgan fingerprint density at radius 2 is 1.86 bits per heavy atom. The molecule has 2 fully saturated rings. The monoisotopic (exact) mass is 194 g/mol. The number of hydrogen-bond donors (Lipinski definition) is 0. The smallest absolute Gasteiger partial charge is 0.0240 e. The van der Waals surface area contributed by atoms with Crippen molar-refractivity contribution in [2.45, 2.75) is 71.6 Å². The number of hydrogen-bond acceptors (Lipinski definition) is 0. The molecule has 0 nitrogen and oxygen atoms in total. The minimum Gasteiger partial charge on any atom is -0.0654 e. The molecule has 0 N–H and O–H groups in total. The van der Waals surface area contributed by atoms with Crippen molar-refractivity contribution >= 4 is 0 Å². The van der Waals surface area contributed by atoms with Crippen molar-refractivity contribution in [3.8, 4) is 0 Å². The molecule has 0 aromatic heterocycles. The van der Waals surface area contributed by atoms with E-state index in [1.54, 1.807) is 25.7 Å². The van der Waals surface area contributed by atoms with Crippen LogP contribution in [0.15, 0.2) is 0 Å². The summed E-state index contributed by atoms with van der Waals surface area (Å²) < 4.78 is 0. The van der Waals surface area contributed by atoms with Crippen LogP contribution in [0.3, 0.4) is 0 Å². The van der Waals surface area contributed by atoms with Gasteiger partial charge >= 0.3 is 0 Å². The molecule has 3 unspecified atom stereocenters. The third-order valence-corrected chi connectivity index (χ3v) is 4.93. The molecule has 0 bridgehead atoms. The first-order chi connectivity index (χ1) is 6.79. The van der Waals surface area contributed by atoms with Gasteiger partial charge in [0.2, 0.25) is 0 Å². The molecular formula is C14H26. The Morgan fingerprint density at radius 3 is 2.36 bits per heavy atom. The molecule has 0 heterocycles. The summed E-state index contributed by atoms with van der Waals surface area (Å²) in [5, 5.41) is 0. The van der Waals surface area contributed by atoms with E-state index in [0.29, 0.717) is 0 Å². The summed E-state index contributed by atoms with van der Waals surface area (Å²) in [5.41, 5.74) is 0.894. The molecule has 2 aliphatic rings. The first kappa shape index (κ1) is 10.5. The van der Waals surface area contributed by atoms with Crippen molar-refractivity contribution in [2.75, 3.05) is 0 Å². The Hall–Kier alpha value is 0. The maximum absolute atomic E-state index is 2.46. The summed E-state index contributed by atoms with van der Waals surface area (Å²) >= 11 is 0. The summed E-state index contributed by atoms with van der Waals surface area (Å²) in [7, 11) is 0. The summed E-state index contributed by atoms with van der Waals surface area (Å²) in [6.45, 7) is 4.76. The molecule has 0 amide bonds. The first-order valence-electron chi connectivity index (χ1n) is 6.79. The lowest BCUT2D eigenvalue weighted by atomic mass is 9.67. The summed E-state index contributed by atoms with van der Waals surface area (Å²) in [6, 6.07) is 0. The normalized spacial score (nSPS) is 39.9. The van der Waals surface area contributed by atoms with Crippen LogP contribution in [0.25, 0.3) is 0 Å². The molecule has 0 saturated heterocycles. The van der Waals surface area contributed by atoms with Crippen LogP contribution in [-0.2, 0) is 0 Å². The van der Waals surface area contributed by atoms with Crippen LogP contribution in [-0.4, -0.2) is 0 Å². The zero-order valence-corrected chi connectivity index (χ0v) is 10.0. The second kappa shape index (κ2) is 4.24. The fourth-order valence-corrected chi connectivity index (χ4v) is 3.57. The quantitative estimate of drug-likeness (QED) is 0.534. The maximum Gasteiger partial charge on any atom is -0.0240 e. The molecule has 0 aromatic carbocycles. The zero-order chi connectivity index (χ0) is 10.0. The van der Waals surface area contributed by atoms with Crippen molar-refractivity contribution in [3.63, 3.8) is 0 Å². The average molecular weight is 194 g/mol. The van der Waals surface area contributed by atoms with E-state index in [-0.39, 0.29) is 0 Å². The summed E-state index contributed by atoms with van der Waals surface area (Å²) in [6.07, 6.45) is 13.5. The van der Waals surface area contributed by atoms with Crippen molar-refractivity contribution in [2.24, 2.45) is 17.3 Å².